The average Bonchev–Trinajstić information content (AvgIpc) is 3.20. The maximum Gasteiger partial charge on any atom is 0.203 e. The maximum atomic E-state index is 15.4. The van der Waals surface area contributed by atoms with E-state index >= 15 is 35.1 Å². The van der Waals surface area contributed by atoms with Crippen LogP contribution in [-0.2, 0) is 15.4 Å². The Labute approximate surface area is 326 Å². The van der Waals surface area contributed by atoms with Gasteiger partial charge in [0.15, 0.2) is 69.8 Å². The predicted octanol–water partition coefficient (Wildman–Crippen LogP) is 8.26. The summed E-state index contributed by atoms with van der Waals surface area (Å²) in [6.07, 6.45) is 3.18. The molecule has 0 amide bonds. The van der Waals surface area contributed by atoms with Crippen LogP contribution in [-0.4, -0.2) is 36.7 Å². The van der Waals surface area contributed by atoms with E-state index in [0.29, 0.717) is 0 Å². The van der Waals surface area contributed by atoms with Gasteiger partial charge in [0.25, 0.3) is 0 Å². The molecular weight excluding hydrogens is 893 g/mol. The lowest BCUT2D eigenvalue weighted by Gasteiger charge is -2.44. The first-order valence-corrected chi connectivity index (χ1v) is 18.4. The van der Waals surface area contributed by atoms with E-state index in [1.165, 1.54) is 12.8 Å². The number of nitrogens with zero attached hydrogens (tertiary/aromatic N) is 1. The molecule has 0 radical (unpaired) electrons. The fourth-order valence-corrected chi connectivity index (χ4v) is 6.60. The van der Waals surface area contributed by atoms with Crippen LogP contribution in [0.5, 0.6) is 0 Å². The fraction of sp³-hybridized carbons (Fsp3) is 0.294. The van der Waals surface area contributed by atoms with Gasteiger partial charge in [0.05, 0.1) is 0 Å². The Bertz CT molecular complexity index is 1910. The van der Waals surface area contributed by atoms with Gasteiger partial charge in [-0.2, -0.15) is 4.18 Å². The fourth-order valence-electron chi connectivity index (χ4n) is 6.15. The van der Waals surface area contributed by atoms with E-state index in [-0.39, 0.29) is 22.6 Å². The van der Waals surface area contributed by atoms with Gasteiger partial charge in [0, 0.05) is 11.3 Å². The molecule has 0 unspecified atom stereocenters. The predicted molar refractivity (Wildman–Crippen MR) is 174 cm³/mol. The van der Waals surface area contributed by atoms with Crippen LogP contribution in [0, 0.1) is 126 Å². The lowest BCUT2D eigenvalue weighted by molar-refractivity contribution is -0.480. The molecule has 4 aromatic rings. The third-order valence-corrected chi connectivity index (χ3v) is 9.40. The van der Waals surface area contributed by atoms with E-state index in [9.17, 15) is 62.8 Å². The summed E-state index contributed by atoms with van der Waals surface area (Å²) in [5, 5.41) is 10.0. The molecule has 0 fully saturated rings. The van der Waals surface area contributed by atoms with Crippen LogP contribution >= 0.6 is 0 Å². The smallest absolute Gasteiger partial charge is 0.203 e. The first-order chi connectivity index (χ1) is 27.8. The Morgan fingerprint density at radius 3 is 0.800 bits per heavy atom. The van der Waals surface area contributed by atoms with Gasteiger partial charge in [-0.3, -0.25) is 10.1 Å². The minimum Gasteiger partial charge on any atom is -0.265 e. The largest absolute Gasteiger partial charge is 0.265 e. The molecule has 4 aromatic carbocycles. The second-order valence-corrected chi connectivity index (χ2v) is 14.3. The second-order valence-electron chi connectivity index (χ2n) is 12.5. The standard InChI is InChI=1S/C24BF20.C10H22NO3S/c26-5-1(6(27)14(35)21(42)13(5)34)25(2-7(28)15(36)22(43)16(37)8(2)29,3-9(30)17(38)23(44)18(39)10(3)31)4-11(32)19(40)24(45)20(41)12(4)33;1-15(2)14-10-8-6-4-3-5-7-9-11(12)13/h;3-10H2,1-2H3/q-1;+1. The minimum atomic E-state index is -7.22. The summed E-state index contributed by atoms with van der Waals surface area (Å²) in [4.78, 5) is 9.79. The lowest BCUT2D eigenvalue weighted by atomic mass is 9.12. The molecule has 0 aromatic heterocycles. The topological polar surface area (TPSA) is 52.4 Å². The molecule has 0 aliphatic heterocycles. The molecule has 0 heterocycles. The monoisotopic (exact) mass is 915 g/mol. The highest BCUT2D eigenvalue weighted by Crippen LogP contribution is 2.30. The zero-order chi connectivity index (χ0) is 45.9. The third-order valence-electron chi connectivity index (χ3n) is 8.76. The van der Waals surface area contributed by atoms with Crippen LogP contribution in [0.3, 0.4) is 0 Å². The number of nitro groups is 1. The summed E-state index contributed by atoms with van der Waals surface area (Å²) >= 11 is 0.0939. The molecule has 0 aliphatic carbocycles. The molecular formula is C34H22BF20NO3S. The summed E-state index contributed by atoms with van der Waals surface area (Å²) in [6, 6.07) is 0. The highest BCUT2D eigenvalue weighted by Gasteiger charge is 2.52. The van der Waals surface area contributed by atoms with Crippen molar-refractivity contribution in [2.75, 3.05) is 25.7 Å². The van der Waals surface area contributed by atoms with E-state index in [1.807, 2.05) is 0 Å². The molecule has 4 nitrogen and oxygen atoms in total. The minimum absolute atomic E-state index is 0.0939. The zero-order valence-electron chi connectivity index (χ0n) is 29.9. The van der Waals surface area contributed by atoms with Crippen molar-refractivity contribution in [1.82, 2.24) is 0 Å². The quantitative estimate of drug-likeness (QED) is 0.0187. The number of hydrogen-bond donors (Lipinski definition) is 0. The van der Waals surface area contributed by atoms with Gasteiger partial charge in [-0.1, -0.05) is 19.3 Å². The van der Waals surface area contributed by atoms with E-state index in [0.717, 1.165) is 32.3 Å². The summed E-state index contributed by atoms with van der Waals surface area (Å²) in [7, 11) is 0. The molecule has 0 spiro atoms. The van der Waals surface area contributed by atoms with Gasteiger partial charge >= 0.3 is 0 Å². The van der Waals surface area contributed by atoms with Gasteiger partial charge < -0.3 is 0 Å². The van der Waals surface area contributed by atoms with E-state index in [4.69, 9.17) is 4.18 Å². The van der Waals surface area contributed by atoms with Crippen LogP contribution in [0.4, 0.5) is 87.8 Å². The number of rotatable bonds is 14. The summed E-state index contributed by atoms with van der Waals surface area (Å²) in [6.45, 7) is 0.975. The lowest BCUT2D eigenvalue weighted by Crippen LogP contribution is -2.81. The molecule has 330 valence electrons. The van der Waals surface area contributed by atoms with Crippen molar-refractivity contribution < 1.29 is 96.9 Å². The molecule has 0 N–H and O–H groups in total. The van der Waals surface area contributed by atoms with Gasteiger partial charge in [-0.25, -0.2) is 87.8 Å². The molecule has 0 saturated heterocycles. The molecule has 0 atom stereocenters. The Kier molecular flexibility index (Phi) is 16.3. The second kappa shape index (κ2) is 19.8. The molecule has 26 heteroatoms. The zero-order valence-corrected chi connectivity index (χ0v) is 30.7. The van der Waals surface area contributed by atoms with Crippen molar-refractivity contribution in [2.45, 2.75) is 38.5 Å². The normalized spacial score (nSPS) is 11.7. The van der Waals surface area contributed by atoms with Gasteiger partial charge in [-0.05, 0) is 12.8 Å². The number of halogens is 20. The average molecular weight is 915 g/mol. The number of unbranched alkanes of at least 4 members (excludes halogenated alkanes) is 5. The summed E-state index contributed by atoms with van der Waals surface area (Å²) in [5.74, 6) is -71.4. The van der Waals surface area contributed by atoms with Gasteiger partial charge in [0.1, 0.15) is 83.0 Å². The Morgan fingerprint density at radius 1 is 0.383 bits per heavy atom. The van der Waals surface area contributed by atoms with Crippen molar-refractivity contribution in [3.05, 3.63) is 126 Å². The van der Waals surface area contributed by atoms with Gasteiger partial charge in [0.2, 0.25) is 6.54 Å². The van der Waals surface area contributed by atoms with E-state index in [2.05, 4.69) is 12.5 Å². The summed E-state index contributed by atoms with van der Waals surface area (Å²) in [5.41, 5.74) is -14.3. The SMILES string of the molecule is C[S+](C)OCCCCCCCC[N+](=O)[O-].Fc1c(F)c(F)c([B-](c2c(F)c(F)c(F)c(F)c2F)(c2c(F)c(F)c(F)c(F)c2F)c2c(F)c(F)c(F)c(F)c2F)c(F)c1F. The van der Waals surface area contributed by atoms with Crippen LogP contribution in [0.25, 0.3) is 0 Å². The molecule has 60 heavy (non-hydrogen) atoms. The number of hydrogen-bond acceptors (Lipinski definition) is 3. The van der Waals surface area contributed by atoms with Crippen LogP contribution in [0.2, 0.25) is 0 Å². The first kappa shape index (κ1) is 49.6. The van der Waals surface area contributed by atoms with Crippen molar-refractivity contribution >= 4 is 39.2 Å². The molecule has 4 rings (SSSR count). The highest BCUT2D eigenvalue weighted by atomic mass is 32.2. The molecule has 0 bridgehead atoms. The Hall–Kier alpha value is -4.75. The van der Waals surface area contributed by atoms with Crippen LogP contribution in [0.1, 0.15) is 38.5 Å². The van der Waals surface area contributed by atoms with Crippen molar-refractivity contribution in [3.63, 3.8) is 0 Å². The first-order valence-electron chi connectivity index (χ1n) is 16.4. The third kappa shape index (κ3) is 8.98. The van der Waals surface area contributed by atoms with Crippen molar-refractivity contribution in [2.24, 2.45) is 0 Å². The van der Waals surface area contributed by atoms with Crippen molar-refractivity contribution in [3.8, 4) is 0 Å². The Morgan fingerprint density at radius 2 is 0.583 bits per heavy atom. The summed E-state index contributed by atoms with van der Waals surface area (Å²) < 4.78 is 299. The van der Waals surface area contributed by atoms with E-state index in [1.54, 1.807) is 0 Å². The Balaban J connectivity index is 0.000000544. The van der Waals surface area contributed by atoms with Crippen LogP contribution in [0.15, 0.2) is 0 Å². The maximum absolute atomic E-state index is 15.4. The van der Waals surface area contributed by atoms with Gasteiger partial charge in [-0.15, -0.1) is 21.9 Å². The molecule has 0 aliphatic rings. The number of benzene rings is 4. The highest BCUT2D eigenvalue weighted by molar-refractivity contribution is 7.90. The van der Waals surface area contributed by atoms with Crippen molar-refractivity contribution in [1.29, 1.82) is 0 Å². The molecule has 0 saturated carbocycles. The van der Waals surface area contributed by atoms with E-state index < -0.39 is 144 Å². The van der Waals surface area contributed by atoms with Crippen LogP contribution < -0.4 is 21.9 Å².